The first-order valence-electron chi connectivity index (χ1n) is 13.2. The van der Waals surface area contributed by atoms with Crippen molar-refractivity contribution in [3.8, 4) is 40.1 Å². The normalized spacial score (nSPS) is 21.8. The average molecular weight is 609 g/mol. The summed E-state index contributed by atoms with van der Waals surface area (Å²) >= 11 is 0. The van der Waals surface area contributed by atoms with Crippen molar-refractivity contribution in [1.82, 2.24) is 0 Å². The van der Waals surface area contributed by atoms with Gasteiger partial charge in [-0.25, -0.2) is 4.79 Å². The fourth-order valence-corrected chi connectivity index (χ4v) is 4.58. The highest BCUT2D eigenvalue weighted by atomic mass is 16.7. The minimum atomic E-state index is -1.81. The van der Waals surface area contributed by atoms with Crippen molar-refractivity contribution in [2.24, 2.45) is 0 Å². The molecular formula is C31H28O13. The van der Waals surface area contributed by atoms with Crippen LogP contribution in [-0.2, 0) is 14.3 Å². The number of benzene rings is 3. The molecule has 230 valence electrons. The summed E-state index contributed by atoms with van der Waals surface area (Å²) < 4.78 is 27.6. The van der Waals surface area contributed by atoms with Gasteiger partial charge >= 0.3 is 5.97 Å². The molecule has 4 aromatic rings. The Bertz CT molecular complexity index is 1750. The fraction of sp³-hybridized carbons (Fsp3) is 0.226. The number of carbonyl (C=O) groups is 1. The molecule has 0 aliphatic carbocycles. The van der Waals surface area contributed by atoms with Crippen LogP contribution >= 0.6 is 0 Å². The zero-order chi connectivity index (χ0) is 31.5. The third kappa shape index (κ3) is 6.16. The highest BCUT2D eigenvalue weighted by Crippen LogP contribution is 2.43. The van der Waals surface area contributed by atoms with Crippen LogP contribution in [0.2, 0.25) is 0 Å². The molecule has 44 heavy (non-hydrogen) atoms. The first-order valence-corrected chi connectivity index (χ1v) is 13.2. The van der Waals surface area contributed by atoms with Crippen molar-refractivity contribution in [1.29, 1.82) is 0 Å². The van der Waals surface area contributed by atoms with Crippen molar-refractivity contribution < 1.29 is 58.8 Å². The second-order valence-electron chi connectivity index (χ2n) is 9.81. The van der Waals surface area contributed by atoms with Gasteiger partial charge in [-0.1, -0.05) is 30.3 Å². The van der Waals surface area contributed by atoms with Crippen molar-refractivity contribution in [2.45, 2.75) is 30.7 Å². The maximum absolute atomic E-state index is 12.9. The molecule has 1 fully saturated rings. The zero-order valence-corrected chi connectivity index (χ0v) is 23.1. The van der Waals surface area contributed by atoms with Gasteiger partial charge in [-0.3, -0.25) is 4.79 Å². The number of carbonyl (C=O) groups excluding carboxylic acids is 1. The maximum atomic E-state index is 12.9. The molecule has 3 aromatic carbocycles. The van der Waals surface area contributed by atoms with Crippen LogP contribution in [0.25, 0.3) is 28.4 Å². The molecule has 6 N–H and O–H groups in total. The molecule has 1 aromatic heterocycles. The second kappa shape index (κ2) is 12.7. The van der Waals surface area contributed by atoms with Gasteiger partial charge in [0.15, 0.2) is 28.4 Å². The van der Waals surface area contributed by atoms with Crippen LogP contribution in [0.3, 0.4) is 0 Å². The molecule has 0 spiro atoms. The van der Waals surface area contributed by atoms with Gasteiger partial charge in [0.1, 0.15) is 47.8 Å². The van der Waals surface area contributed by atoms with E-state index in [1.165, 1.54) is 43.5 Å². The van der Waals surface area contributed by atoms with Gasteiger partial charge in [-0.15, -0.1) is 0 Å². The number of aromatic hydroxyl groups is 3. The predicted octanol–water partition coefficient (Wildman–Crippen LogP) is 2.03. The number of phenols is 3. The molecule has 0 bridgehead atoms. The number of aliphatic hydroxyl groups excluding tert-OH is 3. The molecule has 1 aliphatic heterocycles. The molecule has 13 heteroatoms. The number of hydrogen-bond acceptors (Lipinski definition) is 13. The maximum Gasteiger partial charge on any atom is 0.330 e. The molecule has 2 heterocycles. The van der Waals surface area contributed by atoms with Gasteiger partial charge in [-0.2, -0.15) is 0 Å². The van der Waals surface area contributed by atoms with E-state index < -0.39 is 60.2 Å². The molecule has 13 nitrogen and oxygen atoms in total. The number of rotatable bonds is 8. The topological polar surface area (TPSA) is 206 Å². The summed E-state index contributed by atoms with van der Waals surface area (Å²) in [5, 5.41) is 61.6. The highest BCUT2D eigenvalue weighted by molar-refractivity contribution is 5.90. The Balaban J connectivity index is 1.40. The summed E-state index contributed by atoms with van der Waals surface area (Å²) in [5.41, 5.74) is 0.125. The minimum absolute atomic E-state index is 0.0241. The number of aliphatic hydroxyl groups is 3. The van der Waals surface area contributed by atoms with E-state index in [4.69, 9.17) is 23.4 Å². The van der Waals surface area contributed by atoms with E-state index in [2.05, 4.69) is 0 Å². The van der Waals surface area contributed by atoms with Gasteiger partial charge in [-0.05, 0) is 29.8 Å². The molecule has 0 unspecified atom stereocenters. The van der Waals surface area contributed by atoms with Crippen molar-refractivity contribution in [2.75, 3.05) is 13.7 Å². The van der Waals surface area contributed by atoms with Crippen molar-refractivity contribution in [3.05, 3.63) is 82.5 Å². The van der Waals surface area contributed by atoms with E-state index in [0.29, 0.717) is 0 Å². The van der Waals surface area contributed by atoms with Crippen molar-refractivity contribution >= 4 is 23.0 Å². The molecule has 5 atom stereocenters. The Morgan fingerprint density at radius 3 is 2.39 bits per heavy atom. The molecule has 5 rings (SSSR count). The van der Waals surface area contributed by atoms with E-state index in [0.717, 1.165) is 11.6 Å². The van der Waals surface area contributed by atoms with Crippen LogP contribution in [0.4, 0.5) is 0 Å². The number of phenolic OH excluding ortho intramolecular Hbond substituents is 3. The van der Waals surface area contributed by atoms with Crippen LogP contribution < -0.4 is 14.9 Å². The van der Waals surface area contributed by atoms with Crippen LogP contribution in [-0.4, -0.2) is 81.0 Å². The Kier molecular flexibility index (Phi) is 8.73. The average Bonchev–Trinajstić information content (AvgIpc) is 3.01. The SMILES string of the molecule is COc1c(O[C@@H]2O[C@H](COC(=O)/C=C/c3ccccc3)[C@@H](O)[C@H](O)[C@H]2O)cc2oc(-c3ccc(O)c(O)c3)cc(=O)c2c1O. The van der Waals surface area contributed by atoms with E-state index >= 15 is 0 Å². The summed E-state index contributed by atoms with van der Waals surface area (Å²) in [7, 11) is 1.19. The molecular weight excluding hydrogens is 580 g/mol. The number of methoxy groups -OCH3 is 1. The summed E-state index contributed by atoms with van der Waals surface area (Å²) in [5.74, 6) is -2.88. The fourth-order valence-electron chi connectivity index (χ4n) is 4.58. The first kappa shape index (κ1) is 30.4. The molecule has 1 aliphatic rings. The Hall–Kier alpha value is -5.08. The molecule has 1 saturated heterocycles. The monoisotopic (exact) mass is 608 g/mol. The van der Waals surface area contributed by atoms with E-state index in [-0.39, 0.29) is 39.5 Å². The van der Waals surface area contributed by atoms with E-state index in [1.807, 2.05) is 6.07 Å². The minimum Gasteiger partial charge on any atom is -0.504 e. The number of esters is 1. The Labute approximate surface area is 249 Å². The number of fused-ring (bicyclic) bond motifs is 1. The zero-order valence-electron chi connectivity index (χ0n) is 23.1. The summed E-state index contributed by atoms with van der Waals surface area (Å²) in [4.78, 5) is 25.2. The number of ether oxygens (including phenoxy) is 4. The van der Waals surface area contributed by atoms with E-state index in [1.54, 1.807) is 24.3 Å². The van der Waals surface area contributed by atoms with Gasteiger partial charge in [0, 0.05) is 23.8 Å². The Morgan fingerprint density at radius 1 is 0.932 bits per heavy atom. The first-order chi connectivity index (χ1) is 21.1. The van der Waals surface area contributed by atoms with Gasteiger partial charge in [0.2, 0.25) is 12.0 Å². The smallest absolute Gasteiger partial charge is 0.330 e. The Morgan fingerprint density at radius 2 is 1.68 bits per heavy atom. The van der Waals surface area contributed by atoms with Gasteiger partial charge in [0.05, 0.1) is 7.11 Å². The summed E-state index contributed by atoms with van der Waals surface area (Å²) in [6.07, 6.45) is -5.57. The van der Waals surface area contributed by atoms with Crippen LogP contribution in [0.5, 0.6) is 28.7 Å². The highest BCUT2D eigenvalue weighted by Gasteiger charge is 2.46. The molecule has 0 saturated carbocycles. The summed E-state index contributed by atoms with van der Waals surface area (Å²) in [6, 6.07) is 15.0. The van der Waals surface area contributed by atoms with Crippen LogP contribution in [0.15, 0.2) is 76.0 Å². The lowest BCUT2D eigenvalue weighted by molar-refractivity contribution is -0.278. The third-order valence-electron chi connectivity index (χ3n) is 6.89. The summed E-state index contributed by atoms with van der Waals surface area (Å²) in [6.45, 7) is -0.513. The predicted molar refractivity (Wildman–Crippen MR) is 153 cm³/mol. The number of hydrogen-bond donors (Lipinski definition) is 6. The lowest BCUT2D eigenvalue weighted by atomic mass is 9.99. The molecule has 0 radical (unpaired) electrons. The quantitative estimate of drug-likeness (QED) is 0.0963. The van der Waals surface area contributed by atoms with E-state index in [9.17, 15) is 40.2 Å². The third-order valence-corrected chi connectivity index (χ3v) is 6.89. The van der Waals surface area contributed by atoms with Crippen molar-refractivity contribution in [3.63, 3.8) is 0 Å². The van der Waals surface area contributed by atoms with Gasteiger partial charge < -0.3 is 54.0 Å². The van der Waals surface area contributed by atoms with Crippen LogP contribution in [0.1, 0.15) is 5.56 Å². The van der Waals surface area contributed by atoms with Gasteiger partial charge in [0.25, 0.3) is 0 Å². The lowest BCUT2D eigenvalue weighted by Gasteiger charge is -2.40. The van der Waals surface area contributed by atoms with Crippen LogP contribution in [0, 0.1) is 0 Å². The largest absolute Gasteiger partial charge is 0.504 e. The standard InChI is InChI=1S/C31H28O13/c1-40-30-22(13-21-25(27(30)37)19(34)12-20(42-21)16-8-9-17(32)18(33)11-16)43-31-29(39)28(38)26(36)23(44-31)14-41-24(35)10-7-15-5-3-2-4-6-15/h2-13,23,26,28-29,31-33,36-39H,14H2,1H3/b10-7+/t23-,26-,28+,29-,31-/m1/s1. The molecule has 0 amide bonds. The lowest BCUT2D eigenvalue weighted by Crippen LogP contribution is -2.60. The second-order valence-corrected chi connectivity index (χ2v) is 9.81.